The molecule has 0 amide bonds. The molecule has 2 N–H and O–H groups in total. The van der Waals surface area contributed by atoms with Gasteiger partial charge in [-0.05, 0) is 53.8 Å². The highest BCUT2D eigenvalue weighted by atomic mass is 32.2. The molecule has 1 atom stereocenters. The number of nitrogens with two attached hydrogens (primary N) is 1. The van der Waals surface area contributed by atoms with Crippen LogP contribution in [0.3, 0.4) is 0 Å². The Morgan fingerprint density at radius 1 is 1.17 bits per heavy atom. The molecule has 148 valence electrons. The second-order valence-electron chi connectivity index (χ2n) is 7.14. The SMILES string of the molecule is COc1ccc2c(c1)C1=C(CC2)C(c2ccc(S(C)(=O)=O)cc2)C(C#N)=C(N)O1. The Hall–Kier alpha value is -3.24. The number of sulfone groups is 1. The average Bonchev–Trinajstić information content (AvgIpc) is 2.71. The van der Waals surface area contributed by atoms with Crippen LogP contribution in [0.25, 0.3) is 5.76 Å². The lowest BCUT2D eigenvalue weighted by atomic mass is 9.76. The van der Waals surface area contributed by atoms with E-state index in [1.54, 1.807) is 31.4 Å². The molecule has 2 aromatic rings. The van der Waals surface area contributed by atoms with E-state index in [9.17, 15) is 13.7 Å². The van der Waals surface area contributed by atoms with Gasteiger partial charge in [-0.3, -0.25) is 0 Å². The first-order valence-electron chi connectivity index (χ1n) is 9.11. The summed E-state index contributed by atoms with van der Waals surface area (Å²) in [4.78, 5) is 0.233. The molecular formula is C22H20N2O4S. The number of rotatable bonds is 3. The van der Waals surface area contributed by atoms with Crippen LogP contribution in [0.15, 0.2) is 64.4 Å². The van der Waals surface area contributed by atoms with E-state index in [1.807, 2.05) is 18.2 Å². The third-order valence-electron chi connectivity index (χ3n) is 5.39. The van der Waals surface area contributed by atoms with Gasteiger partial charge in [0.05, 0.1) is 12.0 Å². The molecule has 1 heterocycles. The number of aryl methyl sites for hydroxylation is 1. The van der Waals surface area contributed by atoms with Crippen molar-refractivity contribution in [2.24, 2.45) is 5.73 Å². The van der Waals surface area contributed by atoms with E-state index in [2.05, 4.69) is 6.07 Å². The lowest BCUT2D eigenvalue weighted by Gasteiger charge is -2.33. The number of nitrogens with zero attached hydrogens (tertiary/aromatic N) is 1. The maximum absolute atomic E-state index is 11.8. The molecule has 0 saturated carbocycles. The molecule has 0 spiro atoms. The van der Waals surface area contributed by atoms with Crippen molar-refractivity contribution >= 4 is 15.6 Å². The van der Waals surface area contributed by atoms with Crippen molar-refractivity contribution in [1.29, 1.82) is 5.26 Å². The Morgan fingerprint density at radius 2 is 1.90 bits per heavy atom. The predicted molar refractivity (Wildman–Crippen MR) is 108 cm³/mol. The fraction of sp³-hybridized carbons (Fsp3) is 0.227. The third kappa shape index (κ3) is 3.26. The molecule has 1 unspecified atom stereocenters. The van der Waals surface area contributed by atoms with Crippen molar-refractivity contribution in [3.63, 3.8) is 0 Å². The molecule has 6 nitrogen and oxygen atoms in total. The summed E-state index contributed by atoms with van der Waals surface area (Å²) in [5, 5.41) is 9.74. The first kappa shape index (κ1) is 19.1. The Balaban J connectivity index is 1.88. The number of fused-ring (bicyclic) bond motifs is 2. The summed E-state index contributed by atoms with van der Waals surface area (Å²) in [6, 6.07) is 14.6. The summed E-state index contributed by atoms with van der Waals surface area (Å²) < 4.78 is 34.9. The quantitative estimate of drug-likeness (QED) is 0.836. The zero-order valence-corrected chi connectivity index (χ0v) is 16.9. The van der Waals surface area contributed by atoms with Crippen LogP contribution in [0.5, 0.6) is 5.75 Å². The minimum atomic E-state index is -3.30. The van der Waals surface area contributed by atoms with Crippen LogP contribution in [0.1, 0.15) is 29.0 Å². The molecule has 0 aromatic heterocycles. The standard InChI is InChI=1S/C22H20N2O4S/c1-27-15-7-3-13-6-10-17-20(14-4-8-16(9-5-14)29(2,25)26)19(12-23)22(24)28-21(17)18(13)11-15/h3-5,7-9,11,20H,6,10,24H2,1-2H3. The van der Waals surface area contributed by atoms with Crippen LogP contribution < -0.4 is 10.5 Å². The number of hydrogen-bond donors (Lipinski definition) is 1. The van der Waals surface area contributed by atoms with Gasteiger partial charge in [0.15, 0.2) is 9.84 Å². The maximum atomic E-state index is 11.8. The van der Waals surface area contributed by atoms with Crippen LogP contribution in [0.4, 0.5) is 0 Å². The molecule has 2 aromatic carbocycles. The van der Waals surface area contributed by atoms with Gasteiger partial charge in [0.1, 0.15) is 23.2 Å². The number of methoxy groups -OCH3 is 1. The minimum absolute atomic E-state index is 0.0686. The highest BCUT2D eigenvalue weighted by Gasteiger charge is 2.36. The van der Waals surface area contributed by atoms with Crippen molar-refractivity contribution < 1.29 is 17.9 Å². The summed E-state index contributed by atoms with van der Waals surface area (Å²) in [6.07, 6.45) is 2.69. The Kier molecular flexibility index (Phi) is 4.59. The number of nitriles is 1. The van der Waals surface area contributed by atoms with Gasteiger partial charge in [0.25, 0.3) is 0 Å². The van der Waals surface area contributed by atoms with Crippen LogP contribution in [0, 0.1) is 11.3 Å². The van der Waals surface area contributed by atoms with Gasteiger partial charge in [-0.15, -0.1) is 0 Å². The minimum Gasteiger partial charge on any atom is -0.497 e. The number of allylic oxidation sites excluding steroid dienone is 2. The van der Waals surface area contributed by atoms with E-state index in [-0.39, 0.29) is 16.7 Å². The van der Waals surface area contributed by atoms with E-state index in [4.69, 9.17) is 15.2 Å². The Morgan fingerprint density at radius 3 is 2.52 bits per heavy atom. The van der Waals surface area contributed by atoms with Crippen molar-refractivity contribution in [2.75, 3.05) is 13.4 Å². The lowest BCUT2D eigenvalue weighted by molar-refractivity contribution is 0.349. The van der Waals surface area contributed by atoms with Gasteiger partial charge in [-0.25, -0.2) is 8.42 Å². The van der Waals surface area contributed by atoms with Crippen molar-refractivity contribution in [2.45, 2.75) is 23.7 Å². The average molecular weight is 408 g/mol. The summed E-state index contributed by atoms with van der Waals surface area (Å²) in [5.41, 5.74) is 10.3. The normalized spacial score (nSPS) is 18.4. The fourth-order valence-corrected chi connectivity index (χ4v) is 4.57. The molecular weight excluding hydrogens is 388 g/mol. The molecule has 0 radical (unpaired) electrons. The molecule has 0 fully saturated rings. The molecule has 1 aliphatic heterocycles. The second kappa shape index (κ2) is 6.98. The largest absolute Gasteiger partial charge is 0.497 e. The van der Waals surface area contributed by atoms with Gasteiger partial charge in [0, 0.05) is 17.7 Å². The molecule has 0 saturated heterocycles. The van der Waals surface area contributed by atoms with Crippen molar-refractivity contribution in [1.82, 2.24) is 0 Å². The number of ether oxygens (including phenoxy) is 2. The molecule has 7 heteroatoms. The highest BCUT2D eigenvalue weighted by molar-refractivity contribution is 7.90. The van der Waals surface area contributed by atoms with E-state index >= 15 is 0 Å². The monoisotopic (exact) mass is 408 g/mol. The first-order valence-corrected chi connectivity index (χ1v) is 11.0. The first-order chi connectivity index (χ1) is 13.8. The van der Waals surface area contributed by atoms with Gasteiger partial charge in [0.2, 0.25) is 5.88 Å². The van der Waals surface area contributed by atoms with Crippen molar-refractivity contribution in [3.8, 4) is 11.8 Å². The zero-order valence-electron chi connectivity index (χ0n) is 16.1. The van der Waals surface area contributed by atoms with Gasteiger partial charge in [-0.1, -0.05) is 18.2 Å². The third-order valence-corrected chi connectivity index (χ3v) is 6.52. The van der Waals surface area contributed by atoms with Gasteiger partial charge >= 0.3 is 0 Å². The van der Waals surface area contributed by atoms with E-state index in [0.29, 0.717) is 23.5 Å². The highest BCUT2D eigenvalue weighted by Crippen LogP contribution is 2.47. The number of benzene rings is 2. The zero-order chi connectivity index (χ0) is 20.8. The van der Waals surface area contributed by atoms with Crippen LogP contribution in [0.2, 0.25) is 0 Å². The summed E-state index contributed by atoms with van der Waals surface area (Å²) >= 11 is 0. The lowest BCUT2D eigenvalue weighted by Crippen LogP contribution is -2.23. The van der Waals surface area contributed by atoms with Gasteiger partial charge < -0.3 is 15.2 Å². The van der Waals surface area contributed by atoms with E-state index in [1.165, 1.54) is 6.26 Å². The molecule has 0 bridgehead atoms. The molecule has 1 aliphatic carbocycles. The van der Waals surface area contributed by atoms with Crippen LogP contribution in [-0.4, -0.2) is 21.8 Å². The topological polar surface area (TPSA) is 102 Å². The van der Waals surface area contributed by atoms with Crippen LogP contribution >= 0.6 is 0 Å². The second-order valence-corrected chi connectivity index (χ2v) is 9.16. The molecule has 4 rings (SSSR count). The fourth-order valence-electron chi connectivity index (χ4n) is 3.94. The summed E-state index contributed by atoms with van der Waals surface area (Å²) in [7, 11) is -1.70. The van der Waals surface area contributed by atoms with Crippen LogP contribution in [-0.2, 0) is 21.0 Å². The predicted octanol–water partition coefficient (Wildman–Crippen LogP) is 3.26. The summed E-state index contributed by atoms with van der Waals surface area (Å²) in [6.45, 7) is 0. The number of hydrogen-bond acceptors (Lipinski definition) is 6. The van der Waals surface area contributed by atoms with E-state index in [0.717, 1.165) is 28.7 Å². The maximum Gasteiger partial charge on any atom is 0.205 e. The Labute approximate surface area is 169 Å². The molecule has 29 heavy (non-hydrogen) atoms. The van der Waals surface area contributed by atoms with E-state index < -0.39 is 9.84 Å². The van der Waals surface area contributed by atoms with Gasteiger partial charge in [-0.2, -0.15) is 5.26 Å². The van der Waals surface area contributed by atoms with Crippen molar-refractivity contribution in [3.05, 3.63) is 76.2 Å². The Bertz CT molecular complexity index is 1200. The molecule has 2 aliphatic rings. The smallest absolute Gasteiger partial charge is 0.205 e. The summed E-state index contributed by atoms with van der Waals surface area (Å²) in [5.74, 6) is 1.05.